The number of pyridine rings is 1. The molecule has 0 fully saturated rings. The smallest absolute Gasteiger partial charge is 0.160 e. The molecule has 0 saturated carbocycles. The number of rotatable bonds is 2. The quantitative estimate of drug-likeness (QED) is 0.517. The van der Waals surface area contributed by atoms with Gasteiger partial charge in [-0.2, -0.15) is 0 Å². The molecule has 14 heavy (non-hydrogen) atoms. The molecule has 1 aromatic rings. The number of amidine groups is 1. The minimum Gasteiger partial charge on any atom is -0.261 e. The van der Waals surface area contributed by atoms with Gasteiger partial charge in [0.15, 0.2) is 5.84 Å². The van der Waals surface area contributed by atoms with Gasteiger partial charge in [-0.1, -0.05) is 6.08 Å². The highest BCUT2D eigenvalue weighted by Gasteiger charge is 1.98. The van der Waals surface area contributed by atoms with Crippen molar-refractivity contribution < 1.29 is 0 Å². The monoisotopic (exact) mass is 187 g/mol. The van der Waals surface area contributed by atoms with E-state index in [0.29, 0.717) is 5.84 Å². The fourth-order valence-electron chi connectivity index (χ4n) is 0.952. The number of aryl methyl sites for hydroxylation is 1. The molecule has 0 spiro atoms. The number of hydrogen-bond donors (Lipinski definition) is 0. The predicted octanol–water partition coefficient (Wildman–Crippen LogP) is 2.37. The van der Waals surface area contributed by atoms with Crippen LogP contribution in [0.1, 0.15) is 18.2 Å². The zero-order chi connectivity index (χ0) is 10.4. The van der Waals surface area contributed by atoms with Gasteiger partial charge in [0, 0.05) is 23.7 Å². The number of nitrogens with zero attached hydrogens (tertiary/aromatic N) is 3. The van der Waals surface area contributed by atoms with Gasteiger partial charge < -0.3 is 0 Å². The predicted molar refractivity (Wildman–Crippen MR) is 59.9 cm³/mol. The van der Waals surface area contributed by atoms with Crippen LogP contribution in [0.4, 0.5) is 0 Å². The molecule has 0 bridgehead atoms. The highest BCUT2D eigenvalue weighted by atomic mass is 14.9. The molecule has 0 unspecified atom stereocenters. The normalized spacial score (nSPS) is 12.0. The fraction of sp³-hybridized carbons (Fsp3) is 0.182. The second-order valence-electron chi connectivity index (χ2n) is 2.78. The summed E-state index contributed by atoms with van der Waals surface area (Å²) in [7, 11) is 0. The molecular weight excluding hydrogens is 174 g/mol. The van der Waals surface area contributed by atoms with Crippen LogP contribution < -0.4 is 0 Å². The molecule has 0 atom stereocenters. The molecule has 0 aliphatic heterocycles. The van der Waals surface area contributed by atoms with Crippen LogP contribution in [0, 0.1) is 6.92 Å². The Bertz CT molecular complexity index is 361. The average Bonchev–Trinajstić information content (AvgIpc) is 2.21. The highest BCUT2D eigenvalue weighted by Crippen LogP contribution is 2.02. The molecule has 0 aromatic carbocycles. The SMILES string of the molecule is C=NC(=N/C=C\C)c1ccc(C)nc1. The van der Waals surface area contributed by atoms with E-state index in [4.69, 9.17) is 0 Å². The van der Waals surface area contributed by atoms with Crippen molar-refractivity contribution in [3.05, 3.63) is 41.9 Å². The van der Waals surface area contributed by atoms with Gasteiger partial charge in [-0.25, -0.2) is 9.98 Å². The second-order valence-corrected chi connectivity index (χ2v) is 2.78. The van der Waals surface area contributed by atoms with Crippen molar-refractivity contribution in [2.45, 2.75) is 13.8 Å². The molecule has 1 heterocycles. The zero-order valence-corrected chi connectivity index (χ0v) is 8.44. The molecular formula is C11H13N3. The van der Waals surface area contributed by atoms with Gasteiger partial charge in [0.1, 0.15) is 0 Å². The van der Waals surface area contributed by atoms with Crippen LogP contribution in [0.2, 0.25) is 0 Å². The number of allylic oxidation sites excluding steroid dienone is 1. The van der Waals surface area contributed by atoms with Gasteiger partial charge in [0.2, 0.25) is 0 Å². The van der Waals surface area contributed by atoms with Crippen LogP contribution in [0.3, 0.4) is 0 Å². The van der Waals surface area contributed by atoms with E-state index in [1.807, 2.05) is 32.1 Å². The first-order valence-corrected chi connectivity index (χ1v) is 4.36. The van der Waals surface area contributed by atoms with Gasteiger partial charge in [-0.15, -0.1) is 0 Å². The summed E-state index contributed by atoms with van der Waals surface area (Å²) in [6, 6.07) is 3.85. The molecule has 0 N–H and O–H groups in total. The molecule has 3 heteroatoms. The van der Waals surface area contributed by atoms with Crippen molar-refractivity contribution in [3.63, 3.8) is 0 Å². The molecule has 72 valence electrons. The Kier molecular flexibility index (Phi) is 3.73. The summed E-state index contributed by atoms with van der Waals surface area (Å²) in [6.45, 7) is 7.31. The average molecular weight is 187 g/mol. The zero-order valence-electron chi connectivity index (χ0n) is 8.44. The van der Waals surface area contributed by atoms with Crippen LogP contribution in [0.15, 0.2) is 40.6 Å². The van der Waals surface area contributed by atoms with Crippen molar-refractivity contribution >= 4 is 12.6 Å². The van der Waals surface area contributed by atoms with Crippen LogP contribution >= 0.6 is 0 Å². The van der Waals surface area contributed by atoms with Crippen LogP contribution in [0.5, 0.6) is 0 Å². The lowest BCUT2D eigenvalue weighted by Crippen LogP contribution is -1.97. The highest BCUT2D eigenvalue weighted by molar-refractivity contribution is 6.01. The molecule has 0 radical (unpaired) electrons. The lowest BCUT2D eigenvalue weighted by atomic mass is 10.2. The van der Waals surface area contributed by atoms with Crippen LogP contribution in [-0.4, -0.2) is 17.5 Å². The van der Waals surface area contributed by atoms with Crippen molar-refractivity contribution in [3.8, 4) is 0 Å². The Morgan fingerprint density at radius 2 is 2.29 bits per heavy atom. The topological polar surface area (TPSA) is 37.6 Å². The van der Waals surface area contributed by atoms with Gasteiger partial charge in [-0.05, 0) is 32.7 Å². The van der Waals surface area contributed by atoms with E-state index in [1.165, 1.54) is 0 Å². The molecule has 0 saturated heterocycles. The molecule has 3 nitrogen and oxygen atoms in total. The lowest BCUT2D eigenvalue weighted by Gasteiger charge is -1.98. The minimum atomic E-state index is 0.593. The summed E-state index contributed by atoms with van der Waals surface area (Å²) in [5.74, 6) is 0.593. The third kappa shape index (κ3) is 2.62. The first kappa shape index (κ1) is 10.3. The number of hydrogen-bond acceptors (Lipinski definition) is 2. The standard InChI is InChI=1S/C11H13N3/c1-4-7-13-11(12-3)10-6-5-9(2)14-8-10/h4-8H,3H2,1-2H3/b7-4-,13-11?. The van der Waals surface area contributed by atoms with Crippen LogP contribution in [-0.2, 0) is 0 Å². The molecule has 0 aliphatic carbocycles. The maximum atomic E-state index is 4.16. The number of aliphatic imine (C=N–C) groups is 2. The molecule has 0 amide bonds. The van der Waals surface area contributed by atoms with E-state index in [-0.39, 0.29) is 0 Å². The van der Waals surface area contributed by atoms with E-state index in [9.17, 15) is 0 Å². The summed E-state index contributed by atoms with van der Waals surface area (Å²) >= 11 is 0. The van der Waals surface area contributed by atoms with E-state index in [0.717, 1.165) is 11.3 Å². The summed E-state index contributed by atoms with van der Waals surface area (Å²) in [5, 5.41) is 0. The first-order valence-electron chi connectivity index (χ1n) is 4.36. The second kappa shape index (κ2) is 5.07. The van der Waals surface area contributed by atoms with Crippen molar-refractivity contribution in [2.75, 3.05) is 0 Å². The van der Waals surface area contributed by atoms with Gasteiger partial charge in [0.05, 0.1) is 0 Å². The summed E-state index contributed by atoms with van der Waals surface area (Å²) < 4.78 is 0. The first-order chi connectivity index (χ1) is 6.77. The molecule has 1 rings (SSSR count). The maximum Gasteiger partial charge on any atom is 0.160 e. The minimum absolute atomic E-state index is 0.593. The Labute approximate surface area is 83.9 Å². The van der Waals surface area contributed by atoms with Crippen molar-refractivity contribution in [2.24, 2.45) is 9.98 Å². The Balaban J connectivity index is 3.01. The van der Waals surface area contributed by atoms with Crippen LogP contribution in [0.25, 0.3) is 0 Å². The van der Waals surface area contributed by atoms with Gasteiger partial charge >= 0.3 is 0 Å². The third-order valence-corrected chi connectivity index (χ3v) is 1.67. The van der Waals surface area contributed by atoms with Crippen molar-refractivity contribution in [1.29, 1.82) is 0 Å². The molecule has 1 aromatic heterocycles. The summed E-state index contributed by atoms with van der Waals surface area (Å²) in [4.78, 5) is 12.1. The van der Waals surface area contributed by atoms with Gasteiger partial charge in [-0.3, -0.25) is 4.98 Å². The summed E-state index contributed by atoms with van der Waals surface area (Å²) in [6.07, 6.45) is 5.27. The maximum absolute atomic E-state index is 4.16. The number of aromatic nitrogens is 1. The van der Waals surface area contributed by atoms with E-state index in [1.54, 1.807) is 12.4 Å². The molecule has 0 aliphatic rings. The van der Waals surface area contributed by atoms with E-state index in [2.05, 4.69) is 21.7 Å². The Morgan fingerprint density at radius 1 is 1.50 bits per heavy atom. The van der Waals surface area contributed by atoms with E-state index >= 15 is 0 Å². The largest absolute Gasteiger partial charge is 0.261 e. The fourth-order valence-corrected chi connectivity index (χ4v) is 0.952. The Morgan fingerprint density at radius 3 is 2.79 bits per heavy atom. The summed E-state index contributed by atoms with van der Waals surface area (Å²) in [5.41, 5.74) is 1.85. The Hall–Kier alpha value is -1.77. The van der Waals surface area contributed by atoms with Crippen molar-refractivity contribution in [1.82, 2.24) is 4.98 Å². The third-order valence-electron chi connectivity index (χ3n) is 1.67. The van der Waals surface area contributed by atoms with Gasteiger partial charge in [0.25, 0.3) is 0 Å². The van der Waals surface area contributed by atoms with E-state index < -0.39 is 0 Å². The lowest BCUT2D eigenvalue weighted by molar-refractivity contribution is 1.19.